The number of aromatic nitrogens is 1. The SMILES string of the molecule is Cc1cccc(Oc2n[c]cs2)c1C. The van der Waals surface area contributed by atoms with Gasteiger partial charge in [-0.25, -0.2) is 4.98 Å². The Morgan fingerprint density at radius 2 is 2.21 bits per heavy atom. The largest absolute Gasteiger partial charge is 0.431 e. The molecule has 71 valence electrons. The molecule has 0 amide bonds. The summed E-state index contributed by atoms with van der Waals surface area (Å²) in [6.07, 6.45) is 2.73. The lowest BCUT2D eigenvalue weighted by Crippen LogP contribution is -1.88. The number of hydrogen-bond donors (Lipinski definition) is 0. The van der Waals surface area contributed by atoms with E-state index in [1.807, 2.05) is 19.1 Å². The van der Waals surface area contributed by atoms with Gasteiger partial charge in [-0.05, 0) is 31.0 Å². The van der Waals surface area contributed by atoms with Crippen LogP contribution in [-0.4, -0.2) is 4.98 Å². The van der Waals surface area contributed by atoms with Crippen LogP contribution in [0.25, 0.3) is 0 Å². The first kappa shape index (κ1) is 9.21. The number of hydrogen-bond acceptors (Lipinski definition) is 3. The minimum atomic E-state index is 0.638. The lowest BCUT2D eigenvalue weighted by atomic mass is 10.1. The molecule has 0 aliphatic heterocycles. The molecule has 0 atom stereocenters. The van der Waals surface area contributed by atoms with Gasteiger partial charge in [-0.15, -0.1) is 0 Å². The molecule has 2 aromatic rings. The highest BCUT2D eigenvalue weighted by Crippen LogP contribution is 2.27. The van der Waals surface area contributed by atoms with Crippen molar-refractivity contribution >= 4 is 11.3 Å². The van der Waals surface area contributed by atoms with E-state index in [1.54, 1.807) is 5.38 Å². The van der Waals surface area contributed by atoms with E-state index in [4.69, 9.17) is 4.74 Å². The molecule has 1 aromatic carbocycles. The summed E-state index contributed by atoms with van der Waals surface area (Å²) in [4.78, 5) is 3.95. The van der Waals surface area contributed by atoms with Gasteiger partial charge < -0.3 is 4.74 Å². The number of ether oxygens (including phenoxy) is 1. The van der Waals surface area contributed by atoms with Gasteiger partial charge in [0.1, 0.15) is 11.9 Å². The van der Waals surface area contributed by atoms with Crippen molar-refractivity contribution in [2.24, 2.45) is 0 Å². The van der Waals surface area contributed by atoms with Crippen LogP contribution in [0, 0.1) is 20.0 Å². The molecule has 14 heavy (non-hydrogen) atoms. The van der Waals surface area contributed by atoms with Gasteiger partial charge in [-0.1, -0.05) is 23.5 Å². The molecule has 0 fully saturated rings. The third-order valence-electron chi connectivity index (χ3n) is 2.12. The minimum Gasteiger partial charge on any atom is -0.431 e. The molecular formula is C11H10NOS. The second-order valence-electron chi connectivity index (χ2n) is 3.04. The quantitative estimate of drug-likeness (QED) is 0.748. The molecule has 1 aromatic heterocycles. The summed E-state index contributed by atoms with van der Waals surface area (Å²) in [6.45, 7) is 4.11. The van der Waals surface area contributed by atoms with Crippen molar-refractivity contribution in [3.05, 3.63) is 40.9 Å². The maximum atomic E-state index is 5.61. The van der Waals surface area contributed by atoms with Crippen molar-refractivity contribution in [3.8, 4) is 10.9 Å². The fourth-order valence-corrected chi connectivity index (χ4v) is 1.61. The van der Waals surface area contributed by atoms with E-state index < -0.39 is 0 Å². The van der Waals surface area contributed by atoms with Crippen molar-refractivity contribution in [1.82, 2.24) is 4.98 Å². The van der Waals surface area contributed by atoms with E-state index in [2.05, 4.69) is 24.2 Å². The van der Waals surface area contributed by atoms with Crippen molar-refractivity contribution in [3.63, 3.8) is 0 Å². The van der Waals surface area contributed by atoms with E-state index in [1.165, 1.54) is 16.9 Å². The number of rotatable bonds is 2. The molecule has 0 spiro atoms. The summed E-state index contributed by atoms with van der Waals surface area (Å²) in [5.74, 6) is 0.869. The van der Waals surface area contributed by atoms with Crippen LogP contribution in [0.3, 0.4) is 0 Å². The first-order chi connectivity index (χ1) is 6.77. The van der Waals surface area contributed by atoms with Gasteiger partial charge in [0, 0.05) is 5.38 Å². The fraction of sp³-hybridized carbons (Fsp3) is 0.182. The van der Waals surface area contributed by atoms with Crippen LogP contribution in [0.2, 0.25) is 0 Å². The lowest BCUT2D eigenvalue weighted by molar-refractivity contribution is 0.474. The monoisotopic (exact) mass is 204 g/mol. The molecule has 0 aliphatic carbocycles. The molecule has 0 unspecified atom stereocenters. The van der Waals surface area contributed by atoms with Gasteiger partial charge in [0.25, 0.3) is 5.19 Å². The van der Waals surface area contributed by atoms with Gasteiger partial charge in [-0.2, -0.15) is 0 Å². The number of benzene rings is 1. The third-order valence-corrected chi connectivity index (χ3v) is 2.72. The zero-order valence-corrected chi connectivity index (χ0v) is 8.89. The summed E-state index contributed by atoms with van der Waals surface area (Å²) >= 11 is 1.44. The predicted octanol–water partition coefficient (Wildman–Crippen LogP) is 3.35. The fourth-order valence-electron chi connectivity index (χ4n) is 1.16. The zero-order chi connectivity index (χ0) is 9.97. The van der Waals surface area contributed by atoms with E-state index >= 15 is 0 Å². The van der Waals surface area contributed by atoms with Gasteiger partial charge in [0.15, 0.2) is 0 Å². The first-order valence-electron chi connectivity index (χ1n) is 4.33. The van der Waals surface area contributed by atoms with Crippen molar-refractivity contribution in [2.45, 2.75) is 13.8 Å². The normalized spacial score (nSPS) is 10.1. The van der Waals surface area contributed by atoms with E-state index in [-0.39, 0.29) is 0 Å². The van der Waals surface area contributed by atoms with Crippen molar-refractivity contribution < 1.29 is 4.74 Å². The smallest absolute Gasteiger partial charge is 0.279 e. The molecule has 3 heteroatoms. The van der Waals surface area contributed by atoms with E-state index in [9.17, 15) is 0 Å². The van der Waals surface area contributed by atoms with E-state index in [0.717, 1.165) is 11.3 Å². The summed E-state index contributed by atoms with van der Waals surface area (Å²) in [5.41, 5.74) is 2.38. The molecule has 2 nitrogen and oxygen atoms in total. The van der Waals surface area contributed by atoms with Gasteiger partial charge >= 0.3 is 0 Å². The predicted molar refractivity (Wildman–Crippen MR) is 56.9 cm³/mol. The highest BCUT2D eigenvalue weighted by atomic mass is 32.1. The maximum Gasteiger partial charge on any atom is 0.279 e. The Kier molecular flexibility index (Phi) is 2.50. The standard InChI is InChI=1S/C11H10NOS/c1-8-4-3-5-10(9(8)2)13-11-12-6-7-14-11/h3-5,7H,1-2H3. The Morgan fingerprint density at radius 3 is 2.93 bits per heavy atom. The van der Waals surface area contributed by atoms with Crippen molar-refractivity contribution in [1.29, 1.82) is 0 Å². The van der Waals surface area contributed by atoms with Crippen LogP contribution in [0.1, 0.15) is 11.1 Å². The van der Waals surface area contributed by atoms with Crippen LogP contribution in [0.4, 0.5) is 0 Å². The summed E-state index contributed by atoms with van der Waals surface area (Å²) in [6, 6.07) is 5.99. The average molecular weight is 204 g/mol. The Balaban J connectivity index is 2.29. The van der Waals surface area contributed by atoms with Crippen LogP contribution < -0.4 is 4.74 Å². The van der Waals surface area contributed by atoms with Gasteiger partial charge in [-0.3, -0.25) is 0 Å². The zero-order valence-electron chi connectivity index (χ0n) is 8.07. The molecule has 0 saturated heterocycles. The van der Waals surface area contributed by atoms with Gasteiger partial charge in [0.2, 0.25) is 0 Å². The molecular weight excluding hydrogens is 194 g/mol. The third kappa shape index (κ3) is 1.77. The Bertz CT molecular complexity index is 423. The number of thiazole rings is 1. The maximum absolute atomic E-state index is 5.61. The lowest BCUT2D eigenvalue weighted by Gasteiger charge is -2.07. The highest BCUT2D eigenvalue weighted by molar-refractivity contribution is 7.11. The molecule has 1 radical (unpaired) electrons. The van der Waals surface area contributed by atoms with Gasteiger partial charge in [0.05, 0.1) is 0 Å². The highest BCUT2D eigenvalue weighted by Gasteiger charge is 2.04. The summed E-state index contributed by atoms with van der Waals surface area (Å²) in [7, 11) is 0. The number of nitrogens with zero attached hydrogens (tertiary/aromatic N) is 1. The summed E-state index contributed by atoms with van der Waals surface area (Å²) in [5, 5.41) is 2.42. The second kappa shape index (κ2) is 3.80. The summed E-state index contributed by atoms with van der Waals surface area (Å²) < 4.78 is 5.61. The first-order valence-corrected chi connectivity index (χ1v) is 5.21. The van der Waals surface area contributed by atoms with Crippen LogP contribution in [0.5, 0.6) is 10.9 Å². The number of aryl methyl sites for hydroxylation is 1. The van der Waals surface area contributed by atoms with Crippen LogP contribution >= 0.6 is 11.3 Å². The Labute approximate surface area is 87.2 Å². The minimum absolute atomic E-state index is 0.638. The van der Waals surface area contributed by atoms with E-state index in [0.29, 0.717) is 5.19 Å². The second-order valence-corrected chi connectivity index (χ2v) is 3.86. The molecule has 0 N–H and O–H groups in total. The van der Waals surface area contributed by atoms with Crippen molar-refractivity contribution in [2.75, 3.05) is 0 Å². The van der Waals surface area contributed by atoms with Crippen LogP contribution in [0.15, 0.2) is 23.6 Å². The molecule has 0 saturated carbocycles. The van der Waals surface area contributed by atoms with Crippen LogP contribution in [-0.2, 0) is 0 Å². The molecule has 2 rings (SSSR count). The Morgan fingerprint density at radius 1 is 1.36 bits per heavy atom. The topological polar surface area (TPSA) is 22.1 Å². The molecule has 1 heterocycles. The molecule has 0 bridgehead atoms. The molecule has 0 aliphatic rings. The average Bonchev–Trinajstić information content (AvgIpc) is 2.66. The Hall–Kier alpha value is -1.35.